The van der Waals surface area contributed by atoms with Crippen LogP contribution in [0.25, 0.3) is 10.9 Å². The summed E-state index contributed by atoms with van der Waals surface area (Å²) in [7, 11) is 0. The molecule has 5 heteroatoms. The lowest BCUT2D eigenvalue weighted by Gasteiger charge is -2.14. The number of aldehydes is 1. The van der Waals surface area contributed by atoms with Gasteiger partial charge in [-0.25, -0.2) is 0 Å². The molecule has 0 atom stereocenters. The second kappa shape index (κ2) is 7.98. The van der Waals surface area contributed by atoms with Gasteiger partial charge in [-0.05, 0) is 63.1 Å². The fourth-order valence-electron chi connectivity index (χ4n) is 3.01. The van der Waals surface area contributed by atoms with Gasteiger partial charge in [0.1, 0.15) is 6.29 Å². The van der Waals surface area contributed by atoms with Gasteiger partial charge in [0.15, 0.2) is 0 Å². The Kier molecular flexibility index (Phi) is 5.47. The Bertz CT molecular complexity index is 1110. The zero-order valence-corrected chi connectivity index (χ0v) is 16.3. The van der Waals surface area contributed by atoms with Crippen LogP contribution in [0, 0.1) is 23.2 Å². The number of nitrogens with zero attached hydrogens (tertiary/aromatic N) is 3. The number of hydrogen-bond acceptors (Lipinski definition) is 4. The van der Waals surface area contributed by atoms with Crippen LogP contribution >= 0.6 is 0 Å². The van der Waals surface area contributed by atoms with E-state index in [1.165, 1.54) is 0 Å². The number of aryl methyl sites for hydroxylation is 1. The lowest BCUT2D eigenvalue weighted by atomic mass is 9.91. The zero-order valence-electron chi connectivity index (χ0n) is 16.3. The van der Waals surface area contributed by atoms with Crippen LogP contribution in [0.4, 0.5) is 5.69 Å². The van der Waals surface area contributed by atoms with E-state index < -0.39 is 5.41 Å². The molecule has 140 valence electrons. The molecule has 2 heterocycles. The largest absolute Gasteiger partial charge is 0.373 e. The summed E-state index contributed by atoms with van der Waals surface area (Å²) in [6, 6.07) is 13.7. The molecule has 28 heavy (non-hydrogen) atoms. The first-order chi connectivity index (χ1) is 13.5. The topological polar surface area (TPSA) is 70.7 Å². The Morgan fingerprint density at radius 2 is 2.07 bits per heavy atom. The number of hydrogen-bond donors (Lipinski definition) is 1. The van der Waals surface area contributed by atoms with Crippen molar-refractivity contribution in [3.05, 3.63) is 59.5 Å². The zero-order chi connectivity index (χ0) is 20.1. The Morgan fingerprint density at radius 3 is 2.71 bits per heavy atom. The summed E-state index contributed by atoms with van der Waals surface area (Å²) in [5.74, 6) is 6.34. The van der Waals surface area contributed by atoms with Gasteiger partial charge in [0, 0.05) is 23.0 Å². The molecule has 0 fully saturated rings. The molecule has 0 amide bonds. The van der Waals surface area contributed by atoms with Gasteiger partial charge in [-0.1, -0.05) is 5.92 Å². The molecule has 3 rings (SSSR count). The van der Waals surface area contributed by atoms with Gasteiger partial charge in [-0.2, -0.15) is 5.26 Å². The molecule has 1 aromatic carbocycles. The molecule has 0 aliphatic carbocycles. The highest BCUT2D eigenvalue weighted by Gasteiger charge is 2.20. The maximum atomic E-state index is 11.0. The first-order valence-corrected chi connectivity index (χ1v) is 9.17. The van der Waals surface area contributed by atoms with Crippen molar-refractivity contribution in [1.29, 1.82) is 5.26 Å². The lowest BCUT2D eigenvalue weighted by Crippen LogP contribution is -2.15. The average Bonchev–Trinajstić information content (AvgIpc) is 3.07. The quantitative estimate of drug-likeness (QED) is 0.541. The van der Waals surface area contributed by atoms with Crippen LogP contribution in [0.2, 0.25) is 0 Å². The number of pyridine rings is 1. The van der Waals surface area contributed by atoms with E-state index in [-0.39, 0.29) is 0 Å². The molecule has 3 aromatic rings. The molecule has 2 aromatic heterocycles. The summed E-state index contributed by atoms with van der Waals surface area (Å²) in [6.45, 7) is 7.05. The minimum atomic E-state index is -0.602. The van der Waals surface area contributed by atoms with E-state index in [4.69, 9.17) is 0 Å². The standard InChI is InChI=1S/C23H22N4O/c1-4-27-20(13-18-12-17(15-28)7-9-21(18)27)6-5-11-25-19-8-10-22(26-14-19)23(2,3)16-24/h7-10,12-15,25H,4,11H2,1-3H3. The van der Waals surface area contributed by atoms with Crippen LogP contribution in [0.1, 0.15) is 42.5 Å². The summed E-state index contributed by atoms with van der Waals surface area (Å²) in [6.07, 6.45) is 2.58. The summed E-state index contributed by atoms with van der Waals surface area (Å²) in [4.78, 5) is 15.4. The van der Waals surface area contributed by atoms with Gasteiger partial charge >= 0.3 is 0 Å². The normalized spacial score (nSPS) is 10.8. The van der Waals surface area contributed by atoms with Crippen molar-refractivity contribution in [3.8, 4) is 17.9 Å². The second-order valence-corrected chi connectivity index (χ2v) is 7.03. The monoisotopic (exact) mass is 370 g/mol. The predicted molar refractivity (Wildman–Crippen MR) is 111 cm³/mol. The maximum absolute atomic E-state index is 11.0. The molecule has 0 spiro atoms. The Hall–Kier alpha value is -3.57. The molecule has 0 aliphatic heterocycles. The molecule has 0 radical (unpaired) electrons. The molecule has 5 nitrogen and oxygen atoms in total. The summed E-state index contributed by atoms with van der Waals surface area (Å²) in [5, 5.41) is 13.4. The molecule has 0 saturated carbocycles. The third-order valence-electron chi connectivity index (χ3n) is 4.66. The second-order valence-electron chi connectivity index (χ2n) is 7.03. The first-order valence-electron chi connectivity index (χ1n) is 9.17. The minimum absolute atomic E-state index is 0.480. The third kappa shape index (κ3) is 3.89. The predicted octanol–water partition coefficient (Wildman–Crippen LogP) is 4.13. The Morgan fingerprint density at radius 1 is 1.25 bits per heavy atom. The smallest absolute Gasteiger partial charge is 0.150 e. The van der Waals surface area contributed by atoms with Crippen molar-refractivity contribution in [3.63, 3.8) is 0 Å². The number of carbonyl (C=O) groups is 1. The van der Waals surface area contributed by atoms with E-state index in [1.54, 1.807) is 6.20 Å². The third-order valence-corrected chi connectivity index (χ3v) is 4.66. The highest BCUT2D eigenvalue weighted by atomic mass is 16.1. The molecule has 0 unspecified atom stereocenters. The highest BCUT2D eigenvalue weighted by molar-refractivity contribution is 5.88. The van der Waals surface area contributed by atoms with Crippen LogP contribution in [0.15, 0.2) is 42.6 Å². The number of aromatic nitrogens is 2. The number of benzene rings is 1. The van der Waals surface area contributed by atoms with Gasteiger partial charge in [0.2, 0.25) is 0 Å². The van der Waals surface area contributed by atoms with Crippen molar-refractivity contribution in [1.82, 2.24) is 9.55 Å². The van der Waals surface area contributed by atoms with Crippen molar-refractivity contribution in [2.45, 2.75) is 32.7 Å². The molecular weight excluding hydrogens is 348 g/mol. The van der Waals surface area contributed by atoms with E-state index in [1.807, 2.05) is 50.2 Å². The summed E-state index contributed by atoms with van der Waals surface area (Å²) < 4.78 is 2.14. The summed E-state index contributed by atoms with van der Waals surface area (Å²) in [5.41, 5.74) is 3.66. The fourth-order valence-corrected chi connectivity index (χ4v) is 3.01. The van der Waals surface area contributed by atoms with Gasteiger partial charge < -0.3 is 9.88 Å². The van der Waals surface area contributed by atoms with Gasteiger partial charge in [-0.3, -0.25) is 9.78 Å². The minimum Gasteiger partial charge on any atom is -0.373 e. The van der Waals surface area contributed by atoms with E-state index in [0.717, 1.165) is 40.8 Å². The van der Waals surface area contributed by atoms with E-state index >= 15 is 0 Å². The van der Waals surface area contributed by atoms with Crippen molar-refractivity contribution in [2.75, 3.05) is 11.9 Å². The van der Waals surface area contributed by atoms with Crippen LogP contribution in [-0.2, 0) is 12.0 Å². The SMILES string of the molecule is CCn1c(C#CCNc2ccc(C(C)(C)C#N)nc2)cc2cc(C=O)ccc21. The van der Waals surface area contributed by atoms with Crippen LogP contribution < -0.4 is 5.32 Å². The molecule has 0 bridgehead atoms. The fraction of sp³-hybridized carbons (Fsp3) is 0.261. The van der Waals surface area contributed by atoms with Crippen LogP contribution in [0.5, 0.6) is 0 Å². The number of nitriles is 1. The Labute approximate surface area is 165 Å². The lowest BCUT2D eigenvalue weighted by molar-refractivity contribution is 0.112. The number of fused-ring (bicyclic) bond motifs is 1. The maximum Gasteiger partial charge on any atom is 0.150 e. The van der Waals surface area contributed by atoms with Crippen molar-refractivity contribution >= 4 is 22.9 Å². The molecular formula is C23H22N4O. The van der Waals surface area contributed by atoms with Crippen molar-refractivity contribution in [2.24, 2.45) is 0 Å². The van der Waals surface area contributed by atoms with Gasteiger partial charge in [-0.15, -0.1) is 0 Å². The van der Waals surface area contributed by atoms with Crippen molar-refractivity contribution < 1.29 is 4.79 Å². The number of nitrogens with one attached hydrogen (secondary N) is 1. The van der Waals surface area contributed by atoms with Gasteiger partial charge in [0.05, 0.1) is 41.3 Å². The highest BCUT2D eigenvalue weighted by Crippen LogP contribution is 2.21. The molecule has 0 saturated heterocycles. The first kappa shape index (κ1) is 19.2. The van der Waals surface area contributed by atoms with E-state index in [9.17, 15) is 10.1 Å². The molecule has 1 N–H and O–H groups in total. The Balaban J connectivity index is 1.73. The molecule has 0 aliphatic rings. The van der Waals surface area contributed by atoms with E-state index in [0.29, 0.717) is 12.1 Å². The average molecular weight is 370 g/mol. The summed E-state index contributed by atoms with van der Waals surface area (Å²) >= 11 is 0. The number of rotatable bonds is 5. The van der Waals surface area contributed by atoms with Gasteiger partial charge in [0.25, 0.3) is 0 Å². The van der Waals surface area contributed by atoms with Crippen LogP contribution in [-0.4, -0.2) is 22.4 Å². The number of carbonyl (C=O) groups excluding carboxylic acids is 1. The van der Waals surface area contributed by atoms with Crippen LogP contribution in [0.3, 0.4) is 0 Å². The number of anilines is 1. The van der Waals surface area contributed by atoms with E-state index in [2.05, 4.69) is 39.7 Å².